The summed E-state index contributed by atoms with van der Waals surface area (Å²) in [4.78, 5) is 0. The summed E-state index contributed by atoms with van der Waals surface area (Å²) in [6.07, 6.45) is 2.07. The van der Waals surface area contributed by atoms with E-state index < -0.39 is 0 Å². The van der Waals surface area contributed by atoms with Crippen molar-refractivity contribution in [2.24, 2.45) is 5.92 Å². The van der Waals surface area contributed by atoms with Crippen LogP contribution < -0.4 is 11.1 Å². The third-order valence-corrected chi connectivity index (χ3v) is 4.06. The third kappa shape index (κ3) is 3.14. The SMILES string of the molecule is CC(Nc1cc(F)c(Br)cc1N)C1CCOCC1. The number of nitrogens with two attached hydrogens (primary N) is 1. The number of ether oxygens (including phenoxy) is 1. The van der Waals surface area contributed by atoms with Crippen LogP contribution in [0.2, 0.25) is 0 Å². The van der Waals surface area contributed by atoms with Crippen LogP contribution >= 0.6 is 15.9 Å². The smallest absolute Gasteiger partial charge is 0.139 e. The van der Waals surface area contributed by atoms with Crippen LogP contribution in [-0.2, 0) is 4.74 Å². The highest BCUT2D eigenvalue weighted by atomic mass is 79.9. The van der Waals surface area contributed by atoms with Gasteiger partial charge in [0.15, 0.2) is 0 Å². The Bertz CT molecular complexity index is 422. The molecule has 100 valence electrons. The second kappa shape index (κ2) is 5.89. The second-order valence-electron chi connectivity index (χ2n) is 4.74. The summed E-state index contributed by atoms with van der Waals surface area (Å²) in [5, 5.41) is 3.31. The lowest BCUT2D eigenvalue weighted by Gasteiger charge is -2.29. The lowest BCUT2D eigenvalue weighted by Crippen LogP contribution is -2.31. The summed E-state index contributed by atoms with van der Waals surface area (Å²) in [7, 11) is 0. The van der Waals surface area contributed by atoms with Gasteiger partial charge < -0.3 is 15.8 Å². The molecule has 1 aliphatic heterocycles. The molecule has 1 saturated heterocycles. The van der Waals surface area contributed by atoms with Gasteiger partial charge >= 0.3 is 0 Å². The molecular weight excluding hydrogens is 299 g/mol. The number of nitrogen functional groups attached to an aromatic ring is 1. The highest BCUT2D eigenvalue weighted by Crippen LogP contribution is 2.29. The first-order valence-corrected chi connectivity index (χ1v) is 6.96. The van der Waals surface area contributed by atoms with Crippen molar-refractivity contribution in [1.29, 1.82) is 0 Å². The summed E-state index contributed by atoms with van der Waals surface area (Å²) < 4.78 is 19.2. The first-order chi connectivity index (χ1) is 8.58. The summed E-state index contributed by atoms with van der Waals surface area (Å²) >= 11 is 3.12. The van der Waals surface area contributed by atoms with E-state index in [9.17, 15) is 4.39 Å². The lowest BCUT2D eigenvalue weighted by molar-refractivity contribution is 0.0622. The van der Waals surface area contributed by atoms with E-state index in [-0.39, 0.29) is 11.9 Å². The van der Waals surface area contributed by atoms with Gasteiger partial charge in [-0.25, -0.2) is 4.39 Å². The Labute approximate surface area is 115 Å². The molecule has 2 rings (SSSR count). The minimum atomic E-state index is -0.300. The van der Waals surface area contributed by atoms with E-state index in [0.717, 1.165) is 26.1 Å². The van der Waals surface area contributed by atoms with E-state index in [1.165, 1.54) is 6.07 Å². The molecule has 1 aromatic carbocycles. The zero-order valence-corrected chi connectivity index (χ0v) is 12.0. The van der Waals surface area contributed by atoms with Crippen molar-refractivity contribution in [2.75, 3.05) is 24.3 Å². The Kier molecular flexibility index (Phi) is 4.45. The summed E-state index contributed by atoms with van der Waals surface area (Å²) in [6.45, 7) is 3.72. The Balaban J connectivity index is 2.06. The maximum Gasteiger partial charge on any atom is 0.139 e. The number of hydrogen-bond acceptors (Lipinski definition) is 3. The maximum absolute atomic E-state index is 13.5. The molecule has 1 aliphatic rings. The molecule has 5 heteroatoms. The molecule has 3 N–H and O–H groups in total. The third-order valence-electron chi connectivity index (χ3n) is 3.45. The molecule has 1 atom stereocenters. The molecule has 1 heterocycles. The van der Waals surface area contributed by atoms with Crippen LogP contribution in [0.25, 0.3) is 0 Å². The van der Waals surface area contributed by atoms with E-state index in [1.807, 2.05) is 0 Å². The topological polar surface area (TPSA) is 47.3 Å². The predicted molar refractivity (Wildman–Crippen MR) is 75.1 cm³/mol. The van der Waals surface area contributed by atoms with Crippen molar-refractivity contribution in [3.8, 4) is 0 Å². The lowest BCUT2D eigenvalue weighted by atomic mass is 9.93. The van der Waals surface area contributed by atoms with Crippen molar-refractivity contribution < 1.29 is 9.13 Å². The van der Waals surface area contributed by atoms with Gasteiger partial charge in [0.05, 0.1) is 15.8 Å². The highest BCUT2D eigenvalue weighted by Gasteiger charge is 2.21. The summed E-state index contributed by atoms with van der Waals surface area (Å²) in [5.74, 6) is 0.246. The van der Waals surface area contributed by atoms with Gasteiger partial charge in [0, 0.05) is 25.3 Å². The largest absolute Gasteiger partial charge is 0.397 e. The monoisotopic (exact) mass is 316 g/mol. The van der Waals surface area contributed by atoms with Gasteiger partial charge in [-0.15, -0.1) is 0 Å². The average Bonchev–Trinajstić information content (AvgIpc) is 2.37. The Morgan fingerprint density at radius 3 is 2.78 bits per heavy atom. The Morgan fingerprint density at radius 1 is 1.44 bits per heavy atom. The molecule has 0 radical (unpaired) electrons. The number of benzene rings is 1. The Morgan fingerprint density at radius 2 is 2.11 bits per heavy atom. The van der Waals surface area contributed by atoms with Gasteiger partial charge in [0.1, 0.15) is 5.82 Å². The Hall–Kier alpha value is -0.810. The zero-order chi connectivity index (χ0) is 13.1. The summed E-state index contributed by atoms with van der Waals surface area (Å²) in [6, 6.07) is 3.29. The van der Waals surface area contributed by atoms with E-state index in [4.69, 9.17) is 10.5 Å². The van der Waals surface area contributed by atoms with E-state index in [1.54, 1.807) is 6.07 Å². The fourth-order valence-electron chi connectivity index (χ4n) is 2.27. The van der Waals surface area contributed by atoms with Crippen LogP contribution in [-0.4, -0.2) is 19.3 Å². The number of nitrogens with one attached hydrogen (secondary N) is 1. The minimum absolute atomic E-state index is 0.261. The average molecular weight is 317 g/mol. The fourth-order valence-corrected chi connectivity index (χ4v) is 2.63. The number of halogens is 2. The molecule has 0 amide bonds. The first kappa shape index (κ1) is 13.6. The molecule has 1 unspecified atom stereocenters. The van der Waals surface area contributed by atoms with Crippen molar-refractivity contribution in [3.63, 3.8) is 0 Å². The molecule has 0 spiro atoms. The molecule has 0 aromatic heterocycles. The molecule has 1 fully saturated rings. The van der Waals surface area contributed by atoms with E-state index in [0.29, 0.717) is 21.8 Å². The van der Waals surface area contributed by atoms with Gasteiger partial charge in [-0.05, 0) is 47.7 Å². The van der Waals surface area contributed by atoms with Gasteiger partial charge in [0.2, 0.25) is 0 Å². The molecule has 0 bridgehead atoms. The van der Waals surface area contributed by atoms with E-state index in [2.05, 4.69) is 28.2 Å². The predicted octanol–water partition coefficient (Wildman–Crippen LogP) is 3.40. The van der Waals surface area contributed by atoms with Crippen LogP contribution in [0, 0.1) is 11.7 Å². The standard InChI is InChI=1S/C13H18BrFN2O/c1-8(9-2-4-18-5-3-9)17-13-7-11(15)10(14)6-12(13)16/h6-9,17H,2-5,16H2,1H3. The maximum atomic E-state index is 13.5. The summed E-state index contributed by atoms with van der Waals surface area (Å²) in [5.41, 5.74) is 7.10. The normalized spacial score (nSPS) is 18.6. The molecule has 18 heavy (non-hydrogen) atoms. The van der Waals surface area contributed by atoms with Crippen LogP contribution in [0.4, 0.5) is 15.8 Å². The van der Waals surface area contributed by atoms with Gasteiger partial charge in [-0.3, -0.25) is 0 Å². The zero-order valence-electron chi connectivity index (χ0n) is 10.4. The second-order valence-corrected chi connectivity index (χ2v) is 5.59. The number of rotatable bonds is 3. The van der Waals surface area contributed by atoms with Gasteiger partial charge in [-0.2, -0.15) is 0 Å². The number of hydrogen-bond donors (Lipinski definition) is 2. The van der Waals surface area contributed by atoms with E-state index >= 15 is 0 Å². The molecule has 0 aliphatic carbocycles. The van der Waals surface area contributed by atoms with Crippen molar-refractivity contribution in [2.45, 2.75) is 25.8 Å². The van der Waals surface area contributed by atoms with Crippen LogP contribution in [0.15, 0.2) is 16.6 Å². The van der Waals surface area contributed by atoms with Crippen LogP contribution in [0.5, 0.6) is 0 Å². The fraction of sp³-hybridized carbons (Fsp3) is 0.538. The molecule has 0 saturated carbocycles. The molecule has 3 nitrogen and oxygen atoms in total. The quantitative estimate of drug-likeness (QED) is 0.840. The minimum Gasteiger partial charge on any atom is -0.397 e. The van der Waals surface area contributed by atoms with Gasteiger partial charge in [-0.1, -0.05) is 0 Å². The van der Waals surface area contributed by atoms with Crippen LogP contribution in [0.1, 0.15) is 19.8 Å². The number of anilines is 2. The van der Waals surface area contributed by atoms with Crippen molar-refractivity contribution in [1.82, 2.24) is 0 Å². The van der Waals surface area contributed by atoms with Crippen LogP contribution in [0.3, 0.4) is 0 Å². The molecule has 1 aromatic rings. The molecular formula is C13H18BrFN2O. The van der Waals surface area contributed by atoms with Crippen molar-refractivity contribution >= 4 is 27.3 Å². The first-order valence-electron chi connectivity index (χ1n) is 6.16. The van der Waals surface area contributed by atoms with Gasteiger partial charge in [0.25, 0.3) is 0 Å². The highest BCUT2D eigenvalue weighted by molar-refractivity contribution is 9.10. The van der Waals surface area contributed by atoms with Crippen molar-refractivity contribution in [3.05, 3.63) is 22.4 Å².